The van der Waals surface area contributed by atoms with Gasteiger partial charge in [-0.25, -0.2) is 9.97 Å². The number of carbonyl (C=O) groups excluding carboxylic acids is 1. The third-order valence-corrected chi connectivity index (χ3v) is 6.04. The molecule has 10 heteroatoms. The lowest BCUT2D eigenvalue weighted by atomic mass is 10.1. The highest BCUT2D eigenvalue weighted by Gasteiger charge is 2.14. The fourth-order valence-corrected chi connectivity index (χ4v) is 4.70. The Hall–Kier alpha value is -3.21. The van der Waals surface area contributed by atoms with Crippen molar-refractivity contribution in [1.82, 2.24) is 14.9 Å². The summed E-state index contributed by atoms with van der Waals surface area (Å²) < 4.78 is 1.13. The predicted molar refractivity (Wildman–Crippen MR) is 119 cm³/mol. The highest BCUT2D eigenvalue weighted by Crippen LogP contribution is 2.27. The minimum absolute atomic E-state index is 0.00237. The van der Waals surface area contributed by atoms with Gasteiger partial charge in [-0.1, -0.05) is 24.3 Å². The zero-order valence-electron chi connectivity index (χ0n) is 15.9. The fraction of sp³-hybridized carbons (Fsp3) is 0.150. The number of nitrogens with one attached hydrogen (secondary N) is 1. The molecule has 1 N–H and O–H groups in total. The summed E-state index contributed by atoms with van der Waals surface area (Å²) in [6, 6.07) is 14.2. The highest BCUT2D eigenvalue weighted by atomic mass is 32.1. The van der Waals surface area contributed by atoms with E-state index in [1.165, 1.54) is 23.5 Å². The van der Waals surface area contributed by atoms with E-state index in [0.717, 1.165) is 15.2 Å². The van der Waals surface area contributed by atoms with Gasteiger partial charge in [-0.3, -0.25) is 19.8 Å². The number of likely N-dealkylation sites (N-methyl/N-ethyl adjacent to an activating group) is 1. The van der Waals surface area contributed by atoms with Crippen molar-refractivity contribution in [3.63, 3.8) is 0 Å². The number of fused-ring (bicyclic) bond motifs is 1. The second-order valence-corrected chi connectivity index (χ2v) is 8.61. The van der Waals surface area contributed by atoms with Gasteiger partial charge in [0.05, 0.1) is 33.9 Å². The summed E-state index contributed by atoms with van der Waals surface area (Å²) in [5, 5.41) is 16.9. The number of nitro groups is 1. The number of aromatic nitrogens is 2. The first-order chi connectivity index (χ1) is 14.5. The summed E-state index contributed by atoms with van der Waals surface area (Å²) in [5.41, 5.74) is 2.19. The summed E-state index contributed by atoms with van der Waals surface area (Å²) in [5.74, 6) is -0.182. The Labute approximate surface area is 180 Å². The van der Waals surface area contributed by atoms with Gasteiger partial charge in [0.15, 0.2) is 5.13 Å². The monoisotopic (exact) mass is 439 g/mol. The number of amides is 1. The van der Waals surface area contributed by atoms with Crippen molar-refractivity contribution in [1.29, 1.82) is 0 Å². The molecule has 0 spiro atoms. The predicted octanol–water partition coefficient (Wildman–Crippen LogP) is 4.40. The maximum atomic E-state index is 12.4. The van der Waals surface area contributed by atoms with Crippen molar-refractivity contribution < 1.29 is 9.72 Å². The Bertz CT molecular complexity index is 1190. The number of para-hydroxylation sites is 1. The summed E-state index contributed by atoms with van der Waals surface area (Å²) in [4.78, 5) is 33.7. The van der Waals surface area contributed by atoms with E-state index in [-0.39, 0.29) is 18.1 Å². The second-order valence-electron chi connectivity index (χ2n) is 6.64. The van der Waals surface area contributed by atoms with Crippen LogP contribution in [0.5, 0.6) is 0 Å². The summed E-state index contributed by atoms with van der Waals surface area (Å²) in [6.07, 6.45) is 0. The smallest absolute Gasteiger partial charge is 0.270 e. The van der Waals surface area contributed by atoms with Crippen molar-refractivity contribution in [3.8, 4) is 11.3 Å². The standard InChI is InChI=1S/C20H17N5O3S2/c1-24(11-19-21-15-7-2-3-8-17(15)30-19)10-18(26)23-20-22-16(12-29-20)13-5-4-6-14(9-13)25(27)28/h2-9,12H,10-11H2,1H3,(H,22,23,26). The van der Waals surface area contributed by atoms with E-state index in [9.17, 15) is 14.9 Å². The minimum Gasteiger partial charge on any atom is -0.301 e. The van der Waals surface area contributed by atoms with Gasteiger partial charge in [0.25, 0.3) is 5.69 Å². The fourth-order valence-electron chi connectivity index (χ4n) is 2.92. The maximum Gasteiger partial charge on any atom is 0.270 e. The molecule has 30 heavy (non-hydrogen) atoms. The van der Waals surface area contributed by atoms with Crippen molar-refractivity contribution in [2.75, 3.05) is 18.9 Å². The molecule has 2 aromatic heterocycles. The lowest BCUT2D eigenvalue weighted by Gasteiger charge is -2.13. The molecule has 4 aromatic rings. The van der Waals surface area contributed by atoms with Crippen LogP contribution in [0.15, 0.2) is 53.9 Å². The number of hydrogen-bond donors (Lipinski definition) is 1. The van der Waals surface area contributed by atoms with Gasteiger partial charge in [0.2, 0.25) is 5.91 Å². The Morgan fingerprint density at radius 3 is 2.83 bits per heavy atom. The molecule has 0 aliphatic rings. The zero-order chi connectivity index (χ0) is 21.1. The van der Waals surface area contributed by atoms with Crippen LogP contribution in [0.1, 0.15) is 5.01 Å². The normalized spacial score (nSPS) is 11.1. The van der Waals surface area contributed by atoms with E-state index in [1.807, 2.05) is 36.2 Å². The third kappa shape index (κ3) is 4.67. The van der Waals surface area contributed by atoms with Crippen LogP contribution in [0.3, 0.4) is 0 Å². The molecule has 0 radical (unpaired) electrons. The number of hydrogen-bond acceptors (Lipinski definition) is 8. The number of rotatable bonds is 7. The molecule has 1 amide bonds. The number of benzene rings is 2. The molecule has 2 aromatic carbocycles. The molecule has 152 valence electrons. The number of anilines is 1. The Kier molecular flexibility index (Phi) is 5.79. The van der Waals surface area contributed by atoms with Crippen LogP contribution in [0.2, 0.25) is 0 Å². The quantitative estimate of drug-likeness (QED) is 0.338. The first-order valence-corrected chi connectivity index (χ1v) is 10.7. The SMILES string of the molecule is CN(CC(=O)Nc1nc(-c2cccc([N+](=O)[O-])c2)cs1)Cc1nc2ccccc2s1. The first-order valence-electron chi connectivity index (χ1n) is 9.01. The Balaban J connectivity index is 1.36. The average Bonchev–Trinajstić information content (AvgIpc) is 3.34. The van der Waals surface area contributed by atoms with Crippen molar-refractivity contribution >= 4 is 49.6 Å². The van der Waals surface area contributed by atoms with E-state index >= 15 is 0 Å². The van der Waals surface area contributed by atoms with Crippen LogP contribution in [0.25, 0.3) is 21.5 Å². The molecule has 0 saturated carbocycles. The number of carbonyl (C=O) groups is 1. The van der Waals surface area contributed by atoms with Gasteiger partial charge < -0.3 is 5.32 Å². The van der Waals surface area contributed by atoms with Gasteiger partial charge in [-0.15, -0.1) is 22.7 Å². The van der Waals surface area contributed by atoms with Gasteiger partial charge in [0.1, 0.15) is 5.01 Å². The molecule has 0 bridgehead atoms. The van der Waals surface area contributed by atoms with Crippen molar-refractivity contribution in [2.45, 2.75) is 6.54 Å². The van der Waals surface area contributed by atoms with Crippen LogP contribution in [0, 0.1) is 10.1 Å². The summed E-state index contributed by atoms with van der Waals surface area (Å²) >= 11 is 2.90. The topological polar surface area (TPSA) is 101 Å². The second kappa shape index (κ2) is 8.66. The van der Waals surface area contributed by atoms with Crippen LogP contribution in [0.4, 0.5) is 10.8 Å². The lowest BCUT2D eigenvalue weighted by molar-refractivity contribution is -0.384. The lowest BCUT2D eigenvalue weighted by Crippen LogP contribution is -2.29. The first kappa shape index (κ1) is 20.1. The number of non-ortho nitro benzene ring substituents is 1. The van der Waals surface area contributed by atoms with Crippen LogP contribution >= 0.6 is 22.7 Å². The zero-order valence-corrected chi connectivity index (χ0v) is 17.6. The third-order valence-electron chi connectivity index (χ3n) is 4.26. The summed E-state index contributed by atoms with van der Waals surface area (Å²) in [6.45, 7) is 0.769. The number of nitrogens with zero attached hydrogens (tertiary/aromatic N) is 4. The largest absolute Gasteiger partial charge is 0.301 e. The molecular formula is C20H17N5O3S2. The highest BCUT2D eigenvalue weighted by molar-refractivity contribution is 7.18. The molecule has 8 nitrogen and oxygen atoms in total. The Morgan fingerprint density at radius 2 is 2.03 bits per heavy atom. The molecule has 0 aliphatic carbocycles. The molecule has 0 fully saturated rings. The Morgan fingerprint density at radius 1 is 1.20 bits per heavy atom. The van der Waals surface area contributed by atoms with Gasteiger partial charge in [0, 0.05) is 23.1 Å². The van der Waals surface area contributed by atoms with E-state index in [1.54, 1.807) is 28.8 Å². The van der Waals surface area contributed by atoms with Crippen LogP contribution in [-0.2, 0) is 11.3 Å². The minimum atomic E-state index is -0.445. The van der Waals surface area contributed by atoms with E-state index < -0.39 is 4.92 Å². The number of nitro benzene ring substituents is 1. The van der Waals surface area contributed by atoms with Crippen LogP contribution in [-0.4, -0.2) is 39.3 Å². The molecule has 0 aliphatic heterocycles. The molecule has 0 atom stereocenters. The van der Waals surface area contributed by atoms with Gasteiger partial charge in [-0.2, -0.15) is 0 Å². The van der Waals surface area contributed by atoms with Gasteiger partial charge >= 0.3 is 0 Å². The number of thiazole rings is 2. The average molecular weight is 440 g/mol. The molecule has 0 unspecified atom stereocenters. The molecule has 4 rings (SSSR count). The maximum absolute atomic E-state index is 12.4. The molecule has 0 saturated heterocycles. The molecular weight excluding hydrogens is 422 g/mol. The van der Waals surface area contributed by atoms with E-state index in [0.29, 0.717) is 22.9 Å². The van der Waals surface area contributed by atoms with Crippen LogP contribution < -0.4 is 5.32 Å². The van der Waals surface area contributed by atoms with Crippen molar-refractivity contribution in [2.24, 2.45) is 0 Å². The van der Waals surface area contributed by atoms with E-state index in [4.69, 9.17) is 0 Å². The van der Waals surface area contributed by atoms with Crippen molar-refractivity contribution in [3.05, 3.63) is 69.0 Å². The van der Waals surface area contributed by atoms with Gasteiger partial charge in [-0.05, 0) is 19.2 Å². The summed E-state index contributed by atoms with van der Waals surface area (Å²) in [7, 11) is 1.86. The molecule has 2 heterocycles. The van der Waals surface area contributed by atoms with E-state index in [2.05, 4.69) is 15.3 Å².